The predicted octanol–water partition coefficient (Wildman–Crippen LogP) is 7.41. The molecule has 1 aliphatic heterocycles. The standard InChI is InChI=1S/C48H48N6O7/c1-31-4-8-33(9-5-31)36-22-39(49-43(25-36)46(55)56)28-52-16-17-53(29-40-23-37(26-44(50-40)47(57)58)34-10-6-32(2)7-11-34)19-21-54(20-18-52)30-41-24-38(27-45(51-41)48(59)60)35-12-14-42(61-3)15-13-35/h4-15,22-27H,16-21,28-30H2,1-3H3,(H,55,56)(H,57,58)(H,59,60). The Morgan fingerprint density at radius 1 is 0.459 bits per heavy atom. The summed E-state index contributed by atoms with van der Waals surface area (Å²) in [4.78, 5) is 57.3. The lowest BCUT2D eigenvalue weighted by molar-refractivity contribution is 0.0679. The minimum absolute atomic E-state index is 0.0357. The van der Waals surface area contributed by atoms with Gasteiger partial charge in [0.1, 0.15) is 22.8 Å². The van der Waals surface area contributed by atoms with E-state index in [0.717, 1.165) is 44.5 Å². The SMILES string of the molecule is COc1ccc(-c2cc(CN3CCN(Cc4cc(-c5ccc(C)cc5)cc(C(=O)O)n4)CCN(Cc4cc(-c5ccc(C)cc5)cc(C(=O)O)n4)CC3)nc(C(=O)O)c2)cc1. The number of aromatic carboxylic acids is 3. The van der Waals surface area contributed by atoms with Gasteiger partial charge in [-0.05, 0) is 95.8 Å². The number of methoxy groups -OCH3 is 1. The molecular weight excluding hydrogens is 773 g/mol. The number of nitrogens with zero attached hydrogens (tertiary/aromatic N) is 6. The van der Waals surface area contributed by atoms with Crippen LogP contribution in [0.15, 0.2) is 109 Å². The highest BCUT2D eigenvalue weighted by Crippen LogP contribution is 2.27. The summed E-state index contributed by atoms with van der Waals surface area (Å²) in [6.45, 7) is 8.71. The molecule has 7 rings (SSSR count). The first kappa shape index (κ1) is 42.3. The number of hydrogen-bond acceptors (Lipinski definition) is 10. The molecule has 4 heterocycles. The molecule has 0 radical (unpaired) electrons. The Morgan fingerprint density at radius 3 is 1.00 bits per heavy atom. The van der Waals surface area contributed by atoms with Crippen LogP contribution in [-0.4, -0.2) is 109 Å². The maximum absolute atomic E-state index is 12.3. The summed E-state index contributed by atoms with van der Waals surface area (Å²) in [5, 5.41) is 30.2. The molecule has 1 saturated heterocycles. The van der Waals surface area contributed by atoms with Crippen LogP contribution < -0.4 is 4.74 Å². The molecule has 3 aromatic carbocycles. The minimum Gasteiger partial charge on any atom is -0.497 e. The second kappa shape index (κ2) is 19.1. The number of hydrogen-bond donors (Lipinski definition) is 3. The zero-order chi connectivity index (χ0) is 43.0. The van der Waals surface area contributed by atoms with E-state index in [4.69, 9.17) is 4.74 Å². The van der Waals surface area contributed by atoms with Gasteiger partial charge in [0, 0.05) is 58.9 Å². The van der Waals surface area contributed by atoms with Crippen molar-refractivity contribution >= 4 is 17.9 Å². The topological polar surface area (TPSA) is 170 Å². The molecule has 3 aromatic heterocycles. The second-order valence-electron chi connectivity index (χ2n) is 15.4. The predicted molar refractivity (Wildman–Crippen MR) is 232 cm³/mol. The van der Waals surface area contributed by atoms with Crippen molar-refractivity contribution in [3.8, 4) is 39.1 Å². The number of ether oxygens (including phenoxy) is 1. The summed E-state index contributed by atoms with van der Waals surface area (Å²) in [5.74, 6) is -2.65. The molecule has 3 N–H and O–H groups in total. The van der Waals surface area contributed by atoms with Crippen molar-refractivity contribution in [1.82, 2.24) is 29.7 Å². The molecule has 0 bridgehead atoms. The number of rotatable bonds is 13. The van der Waals surface area contributed by atoms with Gasteiger partial charge in [0.15, 0.2) is 0 Å². The first-order chi connectivity index (χ1) is 29.4. The Morgan fingerprint density at radius 2 is 0.738 bits per heavy atom. The van der Waals surface area contributed by atoms with Crippen molar-refractivity contribution in [3.63, 3.8) is 0 Å². The van der Waals surface area contributed by atoms with Gasteiger partial charge < -0.3 is 20.1 Å². The third-order valence-electron chi connectivity index (χ3n) is 10.8. The van der Waals surface area contributed by atoms with Crippen LogP contribution in [0.5, 0.6) is 5.75 Å². The third-order valence-corrected chi connectivity index (χ3v) is 10.8. The van der Waals surface area contributed by atoms with Gasteiger partial charge in [-0.2, -0.15) is 0 Å². The Hall–Kier alpha value is -6.80. The highest BCUT2D eigenvalue weighted by Gasteiger charge is 2.22. The number of benzene rings is 3. The van der Waals surface area contributed by atoms with Gasteiger partial charge in [-0.3, -0.25) is 14.7 Å². The normalized spacial score (nSPS) is 14.1. The molecule has 13 nitrogen and oxygen atoms in total. The van der Waals surface area contributed by atoms with Crippen LogP contribution in [0.4, 0.5) is 0 Å². The van der Waals surface area contributed by atoms with E-state index < -0.39 is 17.9 Å². The summed E-state index contributed by atoms with van der Waals surface area (Å²) in [6, 6.07) is 33.9. The van der Waals surface area contributed by atoms with Crippen LogP contribution >= 0.6 is 0 Å². The molecule has 0 aliphatic carbocycles. The Kier molecular flexibility index (Phi) is 13.2. The van der Waals surface area contributed by atoms with Crippen LogP contribution in [0, 0.1) is 13.8 Å². The molecule has 0 spiro atoms. The van der Waals surface area contributed by atoms with Gasteiger partial charge in [0.05, 0.1) is 24.2 Å². The third kappa shape index (κ3) is 11.1. The number of pyridine rings is 3. The molecule has 0 atom stereocenters. The van der Waals surface area contributed by atoms with E-state index in [0.29, 0.717) is 81.7 Å². The Bertz CT molecular complexity index is 2410. The first-order valence-electron chi connectivity index (χ1n) is 20.1. The van der Waals surface area contributed by atoms with Crippen molar-refractivity contribution in [1.29, 1.82) is 0 Å². The average Bonchev–Trinajstić information content (AvgIpc) is 3.34. The van der Waals surface area contributed by atoms with Crippen LogP contribution in [-0.2, 0) is 19.6 Å². The molecule has 61 heavy (non-hydrogen) atoms. The quantitative estimate of drug-likeness (QED) is 0.105. The van der Waals surface area contributed by atoms with Crippen molar-refractivity contribution in [2.45, 2.75) is 33.5 Å². The number of carbonyl (C=O) groups is 3. The fourth-order valence-electron chi connectivity index (χ4n) is 7.46. The summed E-state index contributed by atoms with van der Waals surface area (Å²) in [6.07, 6.45) is 0. The van der Waals surface area contributed by atoms with Gasteiger partial charge >= 0.3 is 17.9 Å². The second-order valence-corrected chi connectivity index (χ2v) is 15.4. The lowest BCUT2D eigenvalue weighted by Crippen LogP contribution is -2.36. The van der Waals surface area contributed by atoms with Gasteiger partial charge in [0.2, 0.25) is 0 Å². The van der Waals surface area contributed by atoms with Crippen molar-refractivity contribution in [3.05, 3.63) is 154 Å². The fourth-order valence-corrected chi connectivity index (χ4v) is 7.46. The number of carboxylic acid groups (broad SMARTS) is 3. The molecule has 13 heteroatoms. The highest BCUT2D eigenvalue weighted by molar-refractivity contribution is 5.88. The summed E-state index contributed by atoms with van der Waals surface area (Å²) >= 11 is 0. The fraction of sp³-hybridized carbons (Fsp3) is 0.250. The van der Waals surface area contributed by atoms with E-state index in [1.54, 1.807) is 25.3 Å². The van der Waals surface area contributed by atoms with Crippen molar-refractivity contribution < 1.29 is 34.4 Å². The molecule has 312 valence electrons. The summed E-state index contributed by atoms with van der Waals surface area (Å²) in [7, 11) is 1.59. The number of carboxylic acids is 3. The van der Waals surface area contributed by atoms with Crippen LogP contribution in [0.1, 0.15) is 59.7 Å². The molecule has 0 unspecified atom stereocenters. The maximum Gasteiger partial charge on any atom is 0.354 e. The monoisotopic (exact) mass is 820 g/mol. The van der Waals surface area contributed by atoms with E-state index in [-0.39, 0.29) is 17.1 Å². The van der Waals surface area contributed by atoms with Crippen LogP contribution in [0.25, 0.3) is 33.4 Å². The molecule has 0 amide bonds. The zero-order valence-corrected chi connectivity index (χ0v) is 34.4. The van der Waals surface area contributed by atoms with E-state index >= 15 is 0 Å². The van der Waals surface area contributed by atoms with Gasteiger partial charge in [0.25, 0.3) is 0 Å². The van der Waals surface area contributed by atoms with Gasteiger partial charge in [-0.25, -0.2) is 29.3 Å². The average molecular weight is 821 g/mol. The van der Waals surface area contributed by atoms with Crippen molar-refractivity contribution in [2.75, 3.05) is 46.4 Å². The summed E-state index contributed by atoms with van der Waals surface area (Å²) in [5.41, 5.74) is 8.77. The Balaban J connectivity index is 1.20. The molecule has 1 fully saturated rings. The molecule has 1 aliphatic rings. The summed E-state index contributed by atoms with van der Waals surface area (Å²) < 4.78 is 5.33. The maximum atomic E-state index is 12.3. The van der Waals surface area contributed by atoms with E-state index in [2.05, 4.69) is 29.7 Å². The smallest absolute Gasteiger partial charge is 0.354 e. The van der Waals surface area contributed by atoms with E-state index in [1.807, 2.05) is 105 Å². The van der Waals surface area contributed by atoms with Crippen LogP contribution in [0.3, 0.4) is 0 Å². The van der Waals surface area contributed by atoms with E-state index in [9.17, 15) is 29.7 Å². The lowest BCUT2D eigenvalue weighted by Gasteiger charge is -2.26. The Labute approximate surface area is 354 Å². The largest absolute Gasteiger partial charge is 0.497 e. The molecule has 0 saturated carbocycles. The van der Waals surface area contributed by atoms with E-state index in [1.165, 1.54) is 0 Å². The van der Waals surface area contributed by atoms with Crippen molar-refractivity contribution in [2.24, 2.45) is 0 Å². The lowest BCUT2D eigenvalue weighted by atomic mass is 10.0. The molecule has 6 aromatic rings. The zero-order valence-electron chi connectivity index (χ0n) is 34.4. The van der Waals surface area contributed by atoms with Gasteiger partial charge in [-0.15, -0.1) is 0 Å². The first-order valence-corrected chi connectivity index (χ1v) is 20.1. The number of aromatic nitrogens is 3. The minimum atomic E-state index is -1.12. The number of aryl methyl sites for hydroxylation is 2. The van der Waals surface area contributed by atoms with Gasteiger partial charge in [-0.1, -0.05) is 71.8 Å². The van der Waals surface area contributed by atoms with Crippen LogP contribution in [0.2, 0.25) is 0 Å². The highest BCUT2D eigenvalue weighted by atomic mass is 16.5. The molecular formula is C48H48N6O7.